The highest BCUT2D eigenvalue weighted by atomic mass is 19.4. The number of benzene rings is 1. The highest BCUT2D eigenvalue weighted by molar-refractivity contribution is 5.90. The van der Waals surface area contributed by atoms with Crippen LogP contribution in [-0.4, -0.2) is 24.2 Å². The lowest BCUT2D eigenvalue weighted by molar-refractivity contribution is -0.137. The number of nitrogens with zero attached hydrogens (tertiary/aromatic N) is 3. The van der Waals surface area contributed by atoms with Gasteiger partial charge in [0.1, 0.15) is 11.2 Å². The molecule has 120 valence electrons. The van der Waals surface area contributed by atoms with E-state index in [1.54, 1.807) is 19.1 Å². The Morgan fingerprint density at radius 2 is 1.87 bits per heavy atom. The fourth-order valence-corrected chi connectivity index (χ4v) is 2.35. The zero-order valence-corrected chi connectivity index (χ0v) is 12.8. The third-order valence-electron chi connectivity index (χ3n) is 3.54. The summed E-state index contributed by atoms with van der Waals surface area (Å²) in [6, 6.07) is 6.81. The van der Waals surface area contributed by atoms with Gasteiger partial charge in [0.25, 0.3) is 0 Å². The molecule has 2 aromatic heterocycles. The van der Waals surface area contributed by atoms with Crippen LogP contribution in [0.25, 0.3) is 22.4 Å². The smallest absolute Gasteiger partial charge is 0.374 e. The van der Waals surface area contributed by atoms with E-state index in [-0.39, 0.29) is 0 Å². The number of aromatic nitrogens is 2. The fourth-order valence-electron chi connectivity index (χ4n) is 2.35. The van der Waals surface area contributed by atoms with Crippen LogP contribution >= 0.6 is 0 Å². The number of halogens is 3. The molecule has 0 atom stereocenters. The summed E-state index contributed by atoms with van der Waals surface area (Å²) in [4.78, 5) is 6.23. The van der Waals surface area contributed by atoms with Crippen LogP contribution in [0, 0.1) is 6.92 Å². The monoisotopic (exact) mass is 321 g/mol. The summed E-state index contributed by atoms with van der Waals surface area (Å²) in [6.45, 7) is 1.74. The van der Waals surface area contributed by atoms with E-state index < -0.39 is 11.7 Å². The van der Waals surface area contributed by atoms with Gasteiger partial charge in [-0.15, -0.1) is 0 Å². The number of hydrogen-bond donors (Lipinski definition) is 0. The van der Waals surface area contributed by atoms with Gasteiger partial charge >= 0.3 is 6.18 Å². The number of pyridine rings is 1. The summed E-state index contributed by atoms with van der Waals surface area (Å²) < 4.78 is 44.0. The largest absolute Gasteiger partial charge is 0.416 e. The second-order valence-corrected chi connectivity index (χ2v) is 5.45. The van der Waals surface area contributed by atoms with Crippen molar-refractivity contribution in [3.05, 3.63) is 41.6 Å². The Kier molecular flexibility index (Phi) is 3.50. The lowest BCUT2D eigenvalue weighted by Crippen LogP contribution is -2.09. The van der Waals surface area contributed by atoms with Gasteiger partial charge in [-0.3, -0.25) is 0 Å². The molecule has 0 saturated carbocycles. The van der Waals surface area contributed by atoms with Crippen LogP contribution in [0.15, 0.2) is 34.9 Å². The van der Waals surface area contributed by atoms with E-state index in [0.29, 0.717) is 33.7 Å². The summed E-state index contributed by atoms with van der Waals surface area (Å²) in [7, 11) is 3.64. The van der Waals surface area contributed by atoms with Crippen molar-refractivity contribution in [2.24, 2.45) is 0 Å². The van der Waals surface area contributed by atoms with Gasteiger partial charge in [-0.05, 0) is 25.1 Å². The van der Waals surface area contributed by atoms with Crippen molar-refractivity contribution in [1.82, 2.24) is 10.1 Å². The summed E-state index contributed by atoms with van der Waals surface area (Å²) >= 11 is 0. The molecule has 0 radical (unpaired) electrons. The van der Waals surface area contributed by atoms with Crippen LogP contribution in [0.5, 0.6) is 0 Å². The number of anilines is 1. The molecule has 3 aromatic rings. The Balaban J connectivity index is 2.22. The van der Waals surface area contributed by atoms with Gasteiger partial charge in [-0.2, -0.15) is 13.2 Å². The van der Waals surface area contributed by atoms with Gasteiger partial charge in [-0.25, -0.2) is 4.98 Å². The minimum absolute atomic E-state index is 0.394. The molecule has 4 nitrogen and oxygen atoms in total. The summed E-state index contributed by atoms with van der Waals surface area (Å²) in [6.07, 6.45) is -4.39. The van der Waals surface area contributed by atoms with Crippen LogP contribution in [0.2, 0.25) is 0 Å². The zero-order valence-electron chi connectivity index (χ0n) is 12.8. The van der Waals surface area contributed by atoms with Gasteiger partial charge in [0.2, 0.25) is 5.58 Å². The molecule has 23 heavy (non-hydrogen) atoms. The van der Waals surface area contributed by atoms with Gasteiger partial charge in [-0.1, -0.05) is 17.3 Å². The molecule has 0 saturated heterocycles. The third-order valence-corrected chi connectivity index (χ3v) is 3.54. The van der Waals surface area contributed by atoms with E-state index in [9.17, 15) is 13.2 Å². The first-order chi connectivity index (χ1) is 10.8. The number of alkyl halides is 3. The number of aryl methyl sites for hydroxylation is 1. The third kappa shape index (κ3) is 2.74. The Hall–Kier alpha value is -2.57. The van der Waals surface area contributed by atoms with Crippen molar-refractivity contribution >= 4 is 16.8 Å². The van der Waals surface area contributed by atoms with E-state index in [0.717, 1.165) is 12.1 Å². The van der Waals surface area contributed by atoms with Crippen molar-refractivity contribution in [3.8, 4) is 11.3 Å². The minimum Gasteiger partial charge on any atom is -0.374 e. The lowest BCUT2D eigenvalue weighted by Gasteiger charge is -2.14. The minimum atomic E-state index is -4.39. The molecule has 0 unspecified atom stereocenters. The van der Waals surface area contributed by atoms with E-state index in [4.69, 9.17) is 4.52 Å². The molecular formula is C16H14F3N3O. The molecule has 1 aromatic carbocycles. The molecule has 7 heteroatoms. The highest BCUT2D eigenvalue weighted by Crippen LogP contribution is 2.34. The zero-order chi connectivity index (χ0) is 16.8. The van der Waals surface area contributed by atoms with Crippen LogP contribution in [-0.2, 0) is 6.18 Å². The Bertz CT molecular complexity index is 869. The Morgan fingerprint density at radius 3 is 2.52 bits per heavy atom. The van der Waals surface area contributed by atoms with Crippen LogP contribution in [0.4, 0.5) is 18.9 Å². The summed E-state index contributed by atoms with van der Waals surface area (Å²) in [5, 5.41) is 3.89. The summed E-state index contributed by atoms with van der Waals surface area (Å²) in [5.74, 6) is 0. The van der Waals surface area contributed by atoms with Gasteiger partial charge < -0.3 is 9.42 Å². The molecule has 0 aliphatic rings. The van der Waals surface area contributed by atoms with E-state index in [1.165, 1.54) is 6.07 Å². The molecule has 2 heterocycles. The van der Waals surface area contributed by atoms with Crippen molar-refractivity contribution in [1.29, 1.82) is 0 Å². The lowest BCUT2D eigenvalue weighted by atomic mass is 10.1. The van der Waals surface area contributed by atoms with E-state index in [1.807, 2.05) is 19.0 Å². The van der Waals surface area contributed by atoms with Crippen molar-refractivity contribution < 1.29 is 17.7 Å². The van der Waals surface area contributed by atoms with E-state index in [2.05, 4.69) is 10.1 Å². The predicted octanol–water partition coefficient (Wildman–Crippen LogP) is 4.28. The fraction of sp³-hybridized carbons (Fsp3) is 0.250. The first kappa shape index (κ1) is 15.3. The predicted molar refractivity (Wildman–Crippen MR) is 81.3 cm³/mol. The molecule has 0 aliphatic carbocycles. The quantitative estimate of drug-likeness (QED) is 0.706. The maximum atomic E-state index is 12.9. The number of hydrogen-bond acceptors (Lipinski definition) is 4. The summed E-state index contributed by atoms with van der Waals surface area (Å²) in [5.41, 5.74) is 2.50. The molecule has 0 amide bonds. The maximum absolute atomic E-state index is 12.9. The van der Waals surface area contributed by atoms with Gasteiger partial charge in [0, 0.05) is 19.7 Å². The molecule has 0 bridgehead atoms. The highest BCUT2D eigenvalue weighted by Gasteiger charge is 2.30. The van der Waals surface area contributed by atoms with Crippen molar-refractivity contribution in [2.45, 2.75) is 13.1 Å². The van der Waals surface area contributed by atoms with Crippen LogP contribution < -0.4 is 4.90 Å². The van der Waals surface area contributed by atoms with Gasteiger partial charge in [0.15, 0.2) is 0 Å². The first-order valence-corrected chi connectivity index (χ1v) is 6.89. The van der Waals surface area contributed by atoms with Crippen molar-refractivity contribution in [2.75, 3.05) is 19.0 Å². The first-order valence-electron chi connectivity index (χ1n) is 6.89. The SMILES string of the molecule is Cc1noc2c(N(C)C)cc(-c3cccc(C(F)(F)F)c3)nc12. The second kappa shape index (κ2) is 5.26. The molecule has 0 aliphatic heterocycles. The number of rotatable bonds is 2. The maximum Gasteiger partial charge on any atom is 0.416 e. The van der Waals surface area contributed by atoms with Crippen LogP contribution in [0.1, 0.15) is 11.3 Å². The topological polar surface area (TPSA) is 42.2 Å². The molecule has 0 N–H and O–H groups in total. The Morgan fingerprint density at radius 1 is 1.13 bits per heavy atom. The van der Waals surface area contributed by atoms with Crippen LogP contribution in [0.3, 0.4) is 0 Å². The van der Waals surface area contributed by atoms with Gasteiger partial charge in [0.05, 0.1) is 16.9 Å². The Labute approximate surface area is 130 Å². The number of fused-ring (bicyclic) bond motifs is 1. The average molecular weight is 321 g/mol. The molecule has 3 rings (SSSR count). The normalized spacial score (nSPS) is 11.9. The molecular weight excluding hydrogens is 307 g/mol. The molecule has 0 spiro atoms. The van der Waals surface area contributed by atoms with E-state index >= 15 is 0 Å². The average Bonchev–Trinajstić information content (AvgIpc) is 2.87. The molecule has 0 fully saturated rings. The van der Waals surface area contributed by atoms with Crippen molar-refractivity contribution in [3.63, 3.8) is 0 Å². The standard InChI is InChI=1S/C16H14F3N3O/c1-9-14-15(23-21-9)13(22(2)3)8-12(20-14)10-5-4-6-11(7-10)16(17,18)19/h4-8H,1-3H3. The second-order valence-electron chi connectivity index (χ2n) is 5.45.